The Balaban J connectivity index is 1.79. The van der Waals surface area contributed by atoms with Gasteiger partial charge in [0.2, 0.25) is 5.13 Å². The number of nitrogens with zero attached hydrogens (tertiary/aromatic N) is 3. The van der Waals surface area contributed by atoms with Crippen molar-refractivity contribution < 1.29 is 18.7 Å². The summed E-state index contributed by atoms with van der Waals surface area (Å²) in [7, 11) is 3.02. The molecule has 0 radical (unpaired) electrons. The van der Waals surface area contributed by atoms with Gasteiger partial charge in [-0.1, -0.05) is 17.4 Å². The van der Waals surface area contributed by atoms with Crippen molar-refractivity contribution in [3.05, 3.63) is 70.2 Å². The average molecular weight is 442 g/mol. The maximum absolute atomic E-state index is 13.6. The summed E-state index contributed by atoms with van der Waals surface area (Å²) in [5.74, 6) is 0.173. The zero-order valence-corrected chi connectivity index (χ0v) is 17.7. The van der Waals surface area contributed by atoms with Crippen LogP contribution < -0.4 is 14.5 Å². The number of hydrogen-bond acceptors (Lipinski definition) is 7. The van der Waals surface area contributed by atoms with Gasteiger partial charge in [-0.3, -0.25) is 4.79 Å². The first kappa shape index (κ1) is 20.0. The van der Waals surface area contributed by atoms with Gasteiger partial charge in [0.1, 0.15) is 17.3 Å². The fraction of sp³-hybridized carbons (Fsp3) is 0.0952. The molecule has 30 heavy (non-hydrogen) atoms. The topological polar surface area (TPSA) is 64.0 Å². The number of carbonyl (C=O) groups is 1. The van der Waals surface area contributed by atoms with E-state index in [0.29, 0.717) is 32.4 Å². The van der Waals surface area contributed by atoms with E-state index >= 15 is 0 Å². The molecule has 4 aromatic rings. The van der Waals surface area contributed by atoms with Gasteiger partial charge in [-0.15, -0.1) is 11.3 Å². The molecule has 1 amide bonds. The minimum absolute atomic E-state index is 0.319. The molecule has 2 heterocycles. The van der Waals surface area contributed by atoms with Gasteiger partial charge < -0.3 is 9.47 Å². The number of benzene rings is 2. The Morgan fingerprint density at radius 1 is 1.13 bits per heavy atom. The van der Waals surface area contributed by atoms with E-state index in [0.717, 1.165) is 4.88 Å². The van der Waals surface area contributed by atoms with Crippen LogP contribution in [0.5, 0.6) is 11.5 Å². The molecule has 0 aliphatic rings. The molecule has 152 valence electrons. The van der Waals surface area contributed by atoms with Crippen LogP contribution in [-0.2, 0) is 0 Å². The van der Waals surface area contributed by atoms with E-state index < -0.39 is 5.91 Å². The molecule has 0 spiro atoms. The van der Waals surface area contributed by atoms with E-state index in [-0.39, 0.29) is 5.82 Å². The fourth-order valence-corrected chi connectivity index (χ4v) is 4.22. The first-order chi connectivity index (χ1) is 14.6. The zero-order chi connectivity index (χ0) is 21.1. The van der Waals surface area contributed by atoms with Crippen molar-refractivity contribution in [1.82, 2.24) is 4.98 Å². The lowest BCUT2D eigenvalue weighted by atomic mass is 10.2. The number of ether oxygens (including phenoxy) is 2. The first-order valence-electron chi connectivity index (χ1n) is 8.78. The molecule has 0 N–H and O–H groups in total. The molecule has 0 unspecified atom stereocenters. The van der Waals surface area contributed by atoms with Crippen LogP contribution >= 0.6 is 22.7 Å². The first-order valence-corrected chi connectivity index (χ1v) is 10.5. The predicted octanol–water partition coefficient (Wildman–Crippen LogP) is 5.20. The highest BCUT2D eigenvalue weighted by molar-refractivity contribution is 7.22. The molecule has 4 rings (SSSR count). The lowest BCUT2D eigenvalue weighted by Crippen LogP contribution is -2.25. The van der Waals surface area contributed by atoms with E-state index in [1.165, 1.54) is 54.0 Å². The second-order valence-electron chi connectivity index (χ2n) is 6.09. The number of aromatic nitrogens is 1. The lowest BCUT2D eigenvalue weighted by molar-refractivity contribution is 0.0987. The van der Waals surface area contributed by atoms with Crippen molar-refractivity contribution >= 4 is 50.1 Å². The molecular weight excluding hydrogens is 425 g/mol. The van der Waals surface area contributed by atoms with Gasteiger partial charge in [0.15, 0.2) is 0 Å². The quantitative estimate of drug-likeness (QED) is 0.305. The minimum atomic E-state index is -0.417. The summed E-state index contributed by atoms with van der Waals surface area (Å²) in [6.45, 7) is 0. The molecule has 0 aliphatic carbocycles. The molecule has 0 fully saturated rings. The Morgan fingerprint density at radius 3 is 2.57 bits per heavy atom. The molecule has 6 nitrogen and oxygen atoms in total. The summed E-state index contributed by atoms with van der Waals surface area (Å²) < 4.78 is 24.8. The Kier molecular flexibility index (Phi) is 5.73. The zero-order valence-electron chi connectivity index (χ0n) is 16.0. The third-order valence-electron chi connectivity index (χ3n) is 4.15. The van der Waals surface area contributed by atoms with Crippen molar-refractivity contribution in [3.63, 3.8) is 0 Å². The number of thiophene rings is 1. The third-order valence-corrected chi connectivity index (χ3v) is 5.96. The van der Waals surface area contributed by atoms with Gasteiger partial charge in [0.05, 0.1) is 30.7 Å². The number of halogens is 1. The summed E-state index contributed by atoms with van der Waals surface area (Å²) in [5.41, 5.74) is 0.906. The van der Waals surface area contributed by atoms with Gasteiger partial charge >= 0.3 is 0 Å². The van der Waals surface area contributed by atoms with Crippen LogP contribution in [0.4, 0.5) is 9.52 Å². The van der Waals surface area contributed by atoms with Crippen LogP contribution in [0.15, 0.2) is 59.0 Å². The fourth-order valence-electron chi connectivity index (χ4n) is 2.70. The monoisotopic (exact) mass is 441 g/mol. The normalized spacial score (nSPS) is 11.2. The maximum Gasteiger partial charge on any atom is 0.281 e. The van der Waals surface area contributed by atoms with Crippen molar-refractivity contribution in [3.8, 4) is 11.5 Å². The summed E-state index contributed by atoms with van der Waals surface area (Å²) in [5, 5.41) is 7.83. The summed E-state index contributed by atoms with van der Waals surface area (Å²) >= 11 is 2.67. The van der Waals surface area contributed by atoms with Crippen LogP contribution in [0.1, 0.15) is 15.2 Å². The van der Waals surface area contributed by atoms with E-state index in [4.69, 9.17) is 9.47 Å². The number of hydrogen-bond donors (Lipinski definition) is 0. The molecule has 0 atom stereocenters. The molecule has 0 bridgehead atoms. The molecule has 0 saturated carbocycles. The van der Waals surface area contributed by atoms with E-state index in [1.54, 1.807) is 30.5 Å². The smallest absolute Gasteiger partial charge is 0.281 e. The molecule has 0 aliphatic heterocycles. The van der Waals surface area contributed by atoms with Crippen LogP contribution in [-0.4, -0.2) is 31.3 Å². The van der Waals surface area contributed by atoms with Gasteiger partial charge in [-0.25, -0.2) is 9.37 Å². The van der Waals surface area contributed by atoms with Gasteiger partial charge in [0, 0.05) is 16.5 Å². The molecule has 2 aromatic heterocycles. The van der Waals surface area contributed by atoms with Crippen molar-refractivity contribution in [2.24, 2.45) is 5.10 Å². The summed E-state index contributed by atoms with van der Waals surface area (Å²) in [4.78, 5) is 18.7. The Labute approximate surface area is 179 Å². The third kappa shape index (κ3) is 4.17. The number of rotatable bonds is 6. The van der Waals surface area contributed by atoms with Crippen molar-refractivity contribution in [1.29, 1.82) is 0 Å². The Bertz CT molecular complexity index is 1200. The largest absolute Gasteiger partial charge is 0.497 e. The molecule has 9 heteroatoms. The van der Waals surface area contributed by atoms with Gasteiger partial charge in [-0.05, 0) is 41.8 Å². The standard InChI is InChI=1S/C21H16FN3O3S2/c1-27-15-8-13(9-16(11-15)28-2)20(26)25(23-12-17-4-3-7-29-17)21-24-18-6-5-14(22)10-19(18)30-21/h3-12H,1-2H3/b23-12+. The number of fused-ring (bicyclic) bond motifs is 1. The lowest BCUT2D eigenvalue weighted by Gasteiger charge is -2.15. The van der Waals surface area contributed by atoms with E-state index in [2.05, 4.69) is 10.1 Å². The maximum atomic E-state index is 13.6. The summed E-state index contributed by atoms with van der Waals surface area (Å²) in [6, 6.07) is 13.0. The van der Waals surface area contributed by atoms with Crippen molar-refractivity contribution in [2.45, 2.75) is 0 Å². The minimum Gasteiger partial charge on any atom is -0.497 e. The second-order valence-corrected chi connectivity index (χ2v) is 8.08. The molecular formula is C21H16FN3O3S2. The number of carbonyl (C=O) groups excluding carboxylic acids is 1. The average Bonchev–Trinajstić information content (AvgIpc) is 3.42. The van der Waals surface area contributed by atoms with E-state index in [1.807, 2.05) is 17.5 Å². The number of methoxy groups -OCH3 is 2. The van der Waals surface area contributed by atoms with Crippen LogP contribution in [0, 0.1) is 5.82 Å². The van der Waals surface area contributed by atoms with Gasteiger partial charge in [-0.2, -0.15) is 10.1 Å². The van der Waals surface area contributed by atoms with Gasteiger partial charge in [0.25, 0.3) is 5.91 Å². The number of anilines is 1. The highest BCUT2D eigenvalue weighted by Crippen LogP contribution is 2.32. The van der Waals surface area contributed by atoms with Crippen LogP contribution in [0.2, 0.25) is 0 Å². The summed E-state index contributed by atoms with van der Waals surface area (Å²) in [6.07, 6.45) is 1.59. The SMILES string of the molecule is COc1cc(OC)cc(C(=O)N(/N=C/c2cccs2)c2nc3ccc(F)cc3s2)c1. The molecule has 2 aromatic carbocycles. The second kappa shape index (κ2) is 8.60. The molecule has 0 saturated heterocycles. The van der Waals surface area contributed by atoms with Crippen LogP contribution in [0.25, 0.3) is 10.2 Å². The number of hydrazone groups is 1. The highest BCUT2D eigenvalue weighted by Gasteiger charge is 2.22. The highest BCUT2D eigenvalue weighted by atomic mass is 32.1. The van der Waals surface area contributed by atoms with E-state index in [9.17, 15) is 9.18 Å². The van der Waals surface area contributed by atoms with Crippen molar-refractivity contribution in [2.75, 3.05) is 19.2 Å². The number of amides is 1. The van der Waals surface area contributed by atoms with Crippen LogP contribution in [0.3, 0.4) is 0 Å². The Morgan fingerprint density at radius 2 is 1.90 bits per heavy atom. The Hall–Kier alpha value is -3.30. The number of thiazole rings is 1. The predicted molar refractivity (Wildman–Crippen MR) is 118 cm³/mol.